The highest BCUT2D eigenvalue weighted by atomic mass is 16.5. The van der Waals surface area contributed by atoms with Crippen LogP contribution in [0.4, 0.5) is 4.79 Å². The van der Waals surface area contributed by atoms with Gasteiger partial charge in [0, 0.05) is 31.7 Å². The fourth-order valence-corrected chi connectivity index (χ4v) is 3.38. The molecular formula is C18H31N3O3. The first-order chi connectivity index (χ1) is 11.3. The van der Waals surface area contributed by atoms with Crippen LogP contribution < -0.4 is 10.6 Å². The summed E-state index contributed by atoms with van der Waals surface area (Å²) in [5.41, 5.74) is 1.03. The molecule has 0 aromatic carbocycles. The number of amides is 2. The number of nitrogens with one attached hydrogen (secondary N) is 2. The third-order valence-corrected chi connectivity index (χ3v) is 4.33. The number of aryl methyl sites for hydroxylation is 2. The molecule has 0 bridgehead atoms. The second-order valence-electron chi connectivity index (χ2n) is 6.86. The molecule has 6 nitrogen and oxygen atoms in total. The van der Waals surface area contributed by atoms with Gasteiger partial charge in [-0.1, -0.05) is 0 Å². The first-order valence-electron chi connectivity index (χ1n) is 8.84. The van der Waals surface area contributed by atoms with Crippen LogP contribution >= 0.6 is 0 Å². The van der Waals surface area contributed by atoms with Crippen molar-refractivity contribution in [3.8, 4) is 0 Å². The Hall–Kier alpha value is -1.53. The maximum atomic E-state index is 12.0. The lowest BCUT2D eigenvalue weighted by atomic mass is 10.1. The maximum absolute atomic E-state index is 12.0. The molecule has 1 aliphatic heterocycles. The van der Waals surface area contributed by atoms with E-state index in [-0.39, 0.29) is 24.3 Å². The van der Waals surface area contributed by atoms with E-state index in [0.29, 0.717) is 6.54 Å². The van der Waals surface area contributed by atoms with Crippen LogP contribution in [0.1, 0.15) is 50.3 Å². The predicted octanol–water partition coefficient (Wildman–Crippen LogP) is 2.76. The van der Waals surface area contributed by atoms with E-state index < -0.39 is 0 Å². The highest BCUT2D eigenvalue weighted by Gasteiger charge is 2.21. The highest BCUT2D eigenvalue weighted by Crippen LogP contribution is 2.20. The Balaban J connectivity index is 1.65. The summed E-state index contributed by atoms with van der Waals surface area (Å²) in [6.07, 6.45) is 1.51. The number of hydrogen-bond acceptors (Lipinski definition) is 4. The van der Waals surface area contributed by atoms with Gasteiger partial charge in [0.15, 0.2) is 0 Å². The molecule has 1 aliphatic rings. The smallest absolute Gasteiger partial charge is 0.315 e. The average molecular weight is 337 g/mol. The zero-order valence-electron chi connectivity index (χ0n) is 15.5. The molecule has 3 unspecified atom stereocenters. The van der Waals surface area contributed by atoms with Gasteiger partial charge in [-0.25, -0.2) is 4.79 Å². The summed E-state index contributed by atoms with van der Waals surface area (Å²) in [4.78, 5) is 14.4. The van der Waals surface area contributed by atoms with Crippen molar-refractivity contribution < 1.29 is 13.9 Å². The van der Waals surface area contributed by atoms with Crippen LogP contribution in [0.15, 0.2) is 10.5 Å². The fraction of sp³-hybridized carbons (Fsp3) is 0.722. The van der Waals surface area contributed by atoms with Gasteiger partial charge in [0.25, 0.3) is 0 Å². The minimum atomic E-state index is -0.135. The van der Waals surface area contributed by atoms with Gasteiger partial charge < -0.3 is 19.8 Å². The number of carbonyl (C=O) groups is 1. The van der Waals surface area contributed by atoms with Crippen molar-refractivity contribution in [2.45, 2.75) is 59.3 Å². The van der Waals surface area contributed by atoms with Crippen LogP contribution in [0.5, 0.6) is 0 Å². The zero-order chi connectivity index (χ0) is 17.7. The molecule has 0 aliphatic carbocycles. The van der Waals surface area contributed by atoms with E-state index in [1.54, 1.807) is 0 Å². The number of hydrogen-bond donors (Lipinski definition) is 2. The van der Waals surface area contributed by atoms with Crippen LogP contribution in [0.25, 0.3) is 0 Å². The van der Waals surface area contributed by atoms with E-state index in [9.17, 15) is 4.79 Å². The van der Waals surface area contributed by atoms with Crippen molar-refractivity contribution in [2.24, 2.45) is 0 Å². The van der Waals surface area contributed by atoms with E-state index in [2.05, 4.69) is 29.4 Å². The Labute approximate surface area is 144 Å². The summed E-state index contributed by atoms with van der Waals surface area (Å²) in [5.74, 6) is 1.72. The molecule has 1 fully saturated rings. The number of furan rings is 1. The van der Waals surface area contributed by atoms with Crippen LogP contribution in [-0.2, 0) is 4.74 Å². The first-order valence-corrected chi connectivity index (χ1v) is 8.84. The quantitative estimate of drug-likeness (QED) is 0.783. The molecule has 24 heavy (non-hydrogen) atoms. The fourth-order valence-electron chi connectivity index (χ4n) is 3.38. The summed E-state index contributed by atoms with van der Waals surface area (Å²) in [7, 11) is 0. The Morgan fingerprint density at radius 1 is 1.33 bits per heavy atom. The molecule has 3 atom stereocenters. The number of carbonyl (C=O) groups excluding carboxylic acids is 1. The third kappa shape index (κ3) is 5.53. The molecule has 0 spiro atoms. The van der Waals surface area contributed by atoms with E-state index in [1.807, 2.05) is 26.8 Å². The van der Waals surface area contributed by atoms with Crippen LogP contribution in [0.3, 0.4) is 0 Å². The Morgan fingerprint density at radius 2 is 2.00 bits per heavy atom. The van der Waals surface area contributed by atoms with Crippen LogP contribution in [-0.4, -0.2) is 49.3 Å². The molecule has 6 heteroatoms. The van der Waals surface area contributed by atoms with Gasteiger partial charge in [-0.05, 0) is 47.1 Å². The Bertz CT molecular complexity index is 534. The first kappa shape index (κ1) is 18.8. The Kier molecular flexibility index (Phi) is 6.69. The maximum Gasteiger partial charge on any atom is 0.315 e. The van der Waals surface area contributed by atoms with Gasteiger partial charge in [0.1, 0.15) is 11.5 Å². The summed E-state index contributed by atoms with van der Waals surface area (Å²) in [6.45, 7) is 13.6. The normalized spacial score (nSPS) is 23.0. The number of ether oxygens (including phenoxy) is 1. The second kappa shape index (κ2) is 8.53. The van der Waals surface area contributed by atoms with Gasteiger partial charge in [0.2, 0.25) is 0 Å². The van der Waals surface area contributed by atoms with Crippen molar-refractivity contribution in [1.29, 1.82) is 0 Å². The highest BCUT2D eigenvalue weighted by molar-refractivity contribution is 5.74. The zero-order valence-corrected chi connectivity index (χ0v) is 15.5. The van der Waals surface area contributed by atoms with Crippen molar-refractivity contribution in [2.75, 3.05) is 26.2 Å². The predicted molar refractivity (Wildman–Crippen MR) is 94.2 cm³/mol. The lowest BCUT2D eigenvalue weighted by Gasteiger charge is -2.35. The van der Waals surface area contributed by atoms with E-state index in [1.165, 1.54) is 0 Å². The number of urea groups is 1. The van der Waals surface area contributed by atoms with E-state index >= 15 is 0 Å². The standard InChI is InChI=1S/C18H31N3O3/c1-12-9-17(16(5)24-12)15(4)20-18(22)19-7-6-8-21-10-13(2)23-14(3)11-21/h9,13-15H,6-8,10-11H2,1-5H3,(H2,19,20,22). The van der Waals surface area contributed by atoms with Gasteiger partial charge in [-0.2, -0.15) is 0 Å². The summed E-state index contributed by atoms with van der Waals surface area (Å²) in [6, 6.07) is 1.77. The minimum Gasteiger partial charge on any atom is -0.466 e. The topological polar surface area (TPSA) is 66.7 Å². The van der Waals surface area contributed by atoms with Crippen LogP contribution in [0.2, 0.25) is 0 Å². The van der Waals surface area contributed by atoms with Crippen molar-refractivity contribution in [3.05, 3.63) is 23.2 Å². The molecule has 1 aromatic rings. The van der Waals surface area contributed by atoms with Gasteiger partial charge in [0.05, 0.1) is 18.2 Å². The number of morpholine rings is 1. The van der Waals surface area contributed by atoms with E-state index in [0.717, 1.165) is 43.1 Å². The average Bonchev–Trinajstić information content (AvgIpc) is 2.81. The van der Waals surface area contributed by atoms with Gasteiger partial charge in [-0.15, -0.1) is 0 Å². The molecule has 1 saturated heterocycles. The molecule has 2 rings (SSSR count). The van der Waals surface area contributed by atoms with E-state index in [4.69, 9.17) is 9.15 Å². The van der Waals surface area contributed by atoms with Gasteiger partial charge in [-0.3, -0.25) is 4.90 Å². The molecule has 2 amide bonds. The number of nitrogens with zero attached hydrogens (tertiary/aromatic N) is 1. The van der Waals surface area contributed by atoms with Crippen molar-refractivity contribution >= 4 is 6.03 Å². The summed E-state index contributed by atoms with van der Waals surface area (Å²) >= 11 is 0. The van der Waals surface area contributed by atoms with Crippen molar-refractivity contribution in [1.82, 2.24) is 15.5 Å². The summed E-state index contributed by atoms with van der Waals surface area (Å²) < 4.78 is 11.2. The molecule has 136 valence electrons. The number of rotatable bonds is 6. The second-order valence-corrected chi connectivity index (χ2v) is 6.86. The molecule has 0 radical (unpaired) electrons. The summed E-state index contributed by atoms with van der Waals surface area (Å²) in [5, 5.41) is 5.89. The molecule has 1 aromatic heterocycles. The lowest BCUT2D eigenvalue weighted by Crippen LogP contribution is -2.46. The monoisotopic (exact) mass is 337 g/mol. The van der Waals surface area contributed by atoms with Crippen molar-refractivity contribution in [3.63, 3.8) is 0 Å². The van der Waals surface area contributed by atoms with Gasteiger partial charge >= 0.3 is 6.03 Å². The van der Waals surface area contributed by atoms with Crippen LogP contribution in [0, 0.1) is 13.8 Å². The SMILES string of the molecule is Cc1cc(C(C)NC(=O)NCCCN2CC(C)OC(C)C2)c(C)o1. The molecular weight excluding hydrogens is 306 g/mol. The molecule has 2 heterocycles. The molecule has 0 saturated carbocycles. The third-order valence-electron chi connectivity index (χ3n) is 4.33. The Morgan fingerprint density at radius 3 is 2.58 bits per heavy atom. The largest absolute Gasteiger partial charge is 0.466 e. The molecule has 2 N–H and O–H groups in total. The minimum absolute atomic E-state index is 0.0663. The lowest BCUT2D eigenvalue weighted by molar-refractivity contribution is -0.0679.